The highest BCUT2D eigenvalue weighted by atomic mass is 32.1. The molecule has 1 aliphatic heterocycles. The molecule has 25 heavy (non-hydrogen) atoms. The molecule has 1 aliphatic rings. The maximum atomic E-state index is 12.2. The first-order chi connectivity index (χ1) is 12.2. The number of amides is 1. The van der Waals surface area contributed by atoms with Crippen molar-refractivity contribution in [1.82, 2.24) is 19.8 Å². The van der Waals surface area contributed by atoms with Gasteiger partial charge in [-0.15, -0.1) is 11.3 Å². The molecule has 1 aromatic carbocycles. The molecule has 3 heterocycles. The van der Waals surface area contributed by atoms with Crippen molar-refractivity contribution < 1.29 is 4.79 Å². The van der Waals surface area contributed by atoms with Crippen LogP contribution >= 0.6 is 11.3 Å². The SMILES string of the molecule is CN1C(=O)CN(Cc2csc(-c3ccccn3)n2)[C@H]1c1ccccc1. The summed E-state index contributed by atoms with van der Waals surface area (Å²) in [4.78, 5) is 25.3. The van der Waals surface area contributed by atoms with Crippen LogP contribution in [0.1, 0.15) is 17.4 Å². The van der Waals surface area contributed by atoms with Gasteiger partial charge in [-0.05, 0) is 17.7 Å². The van der Waals surface area contributed by atoms with Crippen molar-refractivity contribution in [3.05, 3.63) is 71.4 Å². The van der Waals surface area contributed by atoms with E-state index in [2.05, 4.69) is 27.4 Å². The topological polar surface area (TPSA) is 49.3 Å². The van der Waals surface area contributed by atoms with Crippen molar-refractivity contribution in [3.8, 4) is 10.7 Å². The summed E-state index contributed by atoms with van der Waals surface area (Å²) in [6.45, 7) is 1.05. The Bertz CT molecular complexity index is 865. The summed E-state index contributed by atoms with van der Waals surface area (Å²) < 4.78 is 0. The maximum Gasteiger partial charge on any atom is 0.238 e. The smallest absolute Gasteiger partial charge is 0.238 e. The van der Waals surface area contributed by atoms with E-state index in [1.54, 1.807) is 22.4 Å². The van der Waals surface area contributed by atoms with E-state index in [1.165, 1.54) is 0 Å². The van der Waals surface area contributed by atoms with Crippen molar-refractivity contribution in [1.29, 1.82) is 0 Å². The molecule has 6 heteroatoms. The number of hydrogen-bond acceptors (Lipinski definition) is 5. The van der Waals surface area contributed by atoms with E-state index in [-0.39, 0.29) is 12.1 Å². The maximum absolute atomic E-state index is 12.2. The van der Waals surface area contributed by atoms with Gasteiger partial charge in [0, 0.05) is 25.2 Å². The fourth-order valence-corrected chi connectivity index (χ4v) is 3.94. The Kier molecular flexibility index (Phi) is 4.29. The van der Waals surface area contributed by atoms with Gasteiger partial charge in [-0.1, -0.05) is 36.4 Å². The molecule has 4 rings (SSSR count). The molecule has 1 amide bonds. The molecule has 1 atom stereocenters. The second-order valence-electron chi connectivity index (χ2n) is 6.05. The van der Waals surface area contributed by atoms with Crippen LogP contribution in [-0.2, 0) is 11.3 Å². The Morgan fingerprint density at radius 1 is 1.16 bits per heavy atom. The van der Waals surface area contributed by atoms with Gasteiger partial charge in [0.25, 0.3) is 0 Å². The first-order valence-corrected chi connectivity index (χ1v) is 9.01. The molecular formula is C19H18N4OS. The van der Waals surface area contributed by atoms with Crippen LogP contribution in [0.4, 0.5) is 0 Å². The van der Waals surface area contributed by atoms with Crippen molar-refractivity contribution in [2.24, 2.45) is 0 Å². The predicted octanol–water partition coefficient (Wildman–Crippen LogP) is 3.18. The fraction of sp³-hybridized carbons (Fsp3) is 0.211. The van der Waals surface area contributed by atoms with E-state index >= 15 is 0 Å². The average molecular weight is 350 g/mol. The molecule has 0 bridgehead atoms. The fourth-order valence-electron chi connectivity index (χ4n) is 3.15. The lowest BCUT2D eigenvalue weighted by Gasteiger charge is -2.27. The molecular weight excluding hydrogens is 332 g/mol. The van der Waals surface area contributed by atoms with Gasteiger partial charge in [0.2, 0.25) is 5.91 Å². The average Bonchev–Trinajstić information content (AvgIpc) is 3.22. The minimum absolute atomic E-state index is 0.0475. The zero-order chi connectivity index (χ0) is 17.2. The van der Waals surface area contributed by atoms with Crippen LogP contribution in [0.3, 0.4) is 0 Å². The van der Waals surface area contributed by atoms with Gasteiger partial charge in [0.1, 0.15) is 11.2 Å². The van der Waals surface area contributed by atoms with Gasteiger partial charge in [-0.3, -0.25) is 14.7 Å². The standard InChI is InChI=1S/C19H18N4OS/c1-22-17(24)12-23(19(22)14-7-3-2-4-8-14)11-15-13-25-18(21-15)16-9-5-6-10-20-16/h2-10,13,19H,11-12H2,1H3/t19-/m0/s1. The van der Waals surface area contributed by atoms with Crippen molar-refractivity contribution >= 4 is 17.2 Å². The largest absolute Gasteiger partial charge is 0.325 e. The first kappa shape index (κ1) is 15.9. The van der Waals surface area contributed by atoms with Gasteiger partial charge >= 0.3 is 0 Å². The molecule has 3 aromatic rings. The first-order valence-electron chi connectivity index (χ1n) is 8.13. The van der Waals surface area contributed by atoms with Gasteiger partial charge < -0.3 is 4.90 Å². The zero-order valence-electron chi connectivity index (χ0n) is 13.9. The van der Waals surface area contributed by atoms with Crippen molar-refractivity contribution in [2.45, 2.75) is 12.7 Å². The molecule has 0 spiro atoms. The third-order valence-corrected chi connectivity index (χ3v) is 5.26. The summed E-state index contributed by atoms with van der Waals surface area (Å²) in [5, 5.41) is 2.96. The normalized spacial score (nSPS) is 18.0. The van der Waals surface area contributed by atoms with Crippen LogP contribution in [0, 0.1) is 0 Å². The van der Waals surface area contributed by atoms with Crippen molar-refractivity contribution in [2.75, 3.05) is 13.6 Å². The van der Waals surface area contributed by atoms with E-state index in [1.807, 2.05) is 43.4 Å². The van der Waals surface area contributed by atoms with Gasteiger partial charge in [-0.25, -0.2) is 4.98 Å². The molecule has 1 fully saturated rings. The number of thiazole rings is 1. The number of carbonyl (C=O) groups is 1. The number of carbonyl (C=O) groups excluding carboxylic acids is 1. The molecule has 1 saturated heterocycles. The summed E-state index contributed by atoms with van der Waals surface area (Å²) in [5.41, 5.74) is 2.97. The second kappa shape index (κ2) is 6.74. The van der Waals surface area contributed by atoms with Crippen LogP contribution in [0.5, 0.6) is 0 Å². The van der Waals surface area contributed by atoms with Crippen LogP contribution in [-0.4, -0.2) is 39.3 Å². The predicted molar refractivity (Wildman–Crippen MR) is 97.7 cm³/mol. The third-order valence-electron chi connectivity index (χ3n) is 4.34. The monoisotopic (exact) mass is 350 g/mol. The number of likely N-dealkylation sites (N-methyl/N-ethyl adjacent to an activating group) is 1. The summed E-state index contributed by atoms with van der Waals surface area (Å²) in [6, 6.07) is 15.9. The molecule has 2 aromatic heterocycles. The number of aromatic nitrogens is 2. The summed E-state index contributed by atoms with van der Waals surface area (Å²) in [5.74, 6) is 0.133. The highest BCUT2D eigenvalue weighted by molar-refractivity contribution is 7.13. The van der Waals surface area contributed by atoms with E-state index in [0.29, 0.717) is 13.1 Å². The van der Waals surface area contributed by atoms with Crippen LogP contribution in [0.15, 0.2) is 60.1 Å². The number of nitrogens with zero attached hydrogens (tertiary/aromatic N) is 4. The lowest BCUT2D eigenvalue weighted by atomic mass is 10.1. The van der Waals surface area contributed by atoms with Gasteiger partial charge in [-0.2, -0.15) is 0 Å². The van der Waals surface area contributed by atoms with E-state index in [0.717, 1.165) is 22.0 Å². The van der Waals surface area contributed by atoms with E-state index in [9.17, 15) is 4.79 Å². The summed E-state index contributed by atoms with van der Waals surface area (Å²) in [7, 11) is 1.86. The quantitative estimate of drug-likeness (QED) is 0.725. The van der Waals surface area contributed by atoms with Crippen LogP contribution < -0.4 is 0 Å². The van der Waals surface area contributed by atoms with Crippen molar-refractivity contribution in [3.63, 3.8) is 0 Å². The minimum atomic E-state index is -0.0475. The Morgan fingerprint density at radius 2 is 1.96 bits per heavy atom. The van der Waals surface area contributed by atoms with Crippen LogP contribution in [0.2, 0.25) is 0 Å². The molecule has 0 N–H and O–H groups in total. The Balaban J connectivity index is 1.57. The number of rotatable bonds is 4. The number of pyridine rings is 1. The van der Waals surface area contributed by atoms with Crippen LogP contribution in [0.25, 0.3) is 10.7 Å². The van der Waals surface area contributed by atoms with Gasteiger partial charge in [0.05, 0.1) is 17.9 Å². The lowest BCUT2D eigenvalue weighted by Crippen LogP contribution is -2.29. The summed E-state index contributed by atoms with van der Waals surface area (Å²) >= 11 is 1.59. The Morgan fingerprint density at radius 3 is 2.72 bits per heavy atom. The van der Waals surface area contributed by atoms with E-state index < -0.39 is 0 Å². The third kappa shape index (κ3) is 3.18. The summed E-state index contributed by atoms with van der Waals surface area (Å²) in [6.07, 6.45) is 1.73. The number of benzene rings is 1. The van der Waals surface area contributed by atoms with E-state index in [4.69, 9.17) is 4.98 Å². The molecule has 0 aliphatic carbocycles. The lowest BCUT2D eigenvalue weighted by molar-refractivity contribution is -0.126. The van der Waals surface area contributed by atoms with Gasteiger partial charge in [0.15, 0.2) is 0 Å². The highest BCUT2D eigenvalue weighted by Gasteiger charge is 2.36. The second-order valence-corrected chi connectivity index (χ2v) is 6.91. The highest BCUT2D eigenvalue weighted by Crippen LogP contribution is 2.31. The molecule has 0 radical (unpaired) electrons. The molecule has 0 saturated carbocycles. The molecule has 0 unspecified atom stereocenters. The Hall–Kier alpha value is -2.57. The number of hydrogen-bond donors (Lipinski definition) is 0. The minimum Gasteiger partial charge on any atom is -0.325 e. The Labute approximate surface area is 150 Å². The molecule has 5 nitrogen and oxygen atoms in total. The zero-order valence-corrected chi connectivity index (χ0v) is 14.7. The molecule has 126 valence electrons.